The second kappa shape index (κ2) is 3.78. The predicted octanol–water partition coefficient (Wildman–Crippen LogP) is -0.766. The lowest BCUT2D eigenvalue weighted by Gasteiger charge is -2.59. The van der Waals surface area contributed by atoms with Gasteiger partial charge in [0.25, 0.3) is 0 Å². The van der Waals surface area contributed by atoms with E-state index in [1.807, 2.05) is 4.90 Å². The van der Waals surface area contributed by atoms with Crippen molar-refractivity contribution >= 4 is 35.4 Å². The molecule has 94 valence electrons. The third-order valence-electron chi connectivity index (χ3n) is 3.44. The molecule has 0 radical (unpaired) electrons. The molecule has 1 spiro atoms. The van der Waals surface area contributed by atoms with Crippen molar-refractivity contribution in [1.82, 2.24) is 15.1 Å². The molecule has 3 heterocycles. The van der Waals surface area contributed by atoms with Crippen LogP contribution in [0, 0.1) is 0 Å². The fourth-order valence-electron chi connectivity index (χ4n) is 2.42. The molecule has 0 bridgehead atoms. The number of carbonyl (C=O) groups excluding carboxylic acids is 1. The summed E-state index contributed by atoms with van der Waals surface area (Å²) in [5, 5.41) is 12.1. The fourth-order valence-corrected chi connectivity index (χ4v) is 5.86. The minimum atomic E-state index is -0.794. The minimum absolute atomic E-state index is 0.0843. The molecule has 0 aliphatic carbocycles. The van der Waals surface area contributed by atoms with Crippen LogP contribution in [-0.4, -0.2) is 68.4 Å². The number of nitrogens with one attached hydrogen (secondary N) is 1. The highest BCUT2D eigenvalue weighted by Crippen LogP contribution is 2.57. The molecule has 3 atom stereocenters. The van der Waals surface area contributed by atoms with Crippen LogP contribution in [-0.2, 0) is 9.59 Å². The van der Waals surface area contributed by atoms with Crippen LogP contribution in [0.25, 0.3) is 0 Å². The molecule has 3 fully saturated rings. The highest BCUT2D eigenvalue weighted by Gasteiger charge is 2.65. The number of hydrogen-bond donors (Lipinski definition) is 2. The van der Waals surface area contributed by atoms with Crippen LogP contribution in [0.2, 0.25) is 0 Å². The number of hydrogen-bond acceptors (Lipinski definition) is 6. The zero-order chi connectivity index (χ0) is 12.2. The number of carboxylic acids is 1. The standard InChI is InChI=1S/C9H13N3O3S2/c1-10-5-2-16-9-11(4-12(9)7(5)13)6(3-17-9)8(14)15/h5-6,10H,2-4H2,1H3,(H,14,15). The minimum Gasteiger partial charge on any atom is -0.480 e. The second-order valence-corrected chi connectivity index (χ2v) is 6.88. The lowest BCUT2D eigenvalue weighted by molar-refractivity contribution is -0.170. The lowest BCUT2D eigenvalue weighted by Crippen LogP contribution is -2.76. The Kier molecular flexibility index (Phi) is 2.58. The lowest BCUT2D eigenvalue weighted by atomic mass is 10.2. The number of carbonyl (C=O) groups is 2. The zero-order valence-corrected chi connectivity index (χ0v) is 10.9. The summed E-state index contributed by atoms with van der Waals surface area (Å²) in [6.07, 6.45) is 0. The Labute approximate surface area is 107 Å². The average Bonchev–Trinajstić information content (AvgIpc) is 2.53. The van der Waals surface area contributed by atoms with Gasteiger partial charge in [0.05, 0.1) is 12.7 Å². The van der Waals surface area contributed by atoms with Gasteiger partial charge in [-0.1, -0.05) is 0 Å². The topological polar surface area (TPSA) is 72.9 Å². The fraction of sp³-hybridized carbons (Fsp3) is 0.778. The average molecular weight is 275 g/mol. The summed E-state index contributed by atoms with van der Waals surface area (Å²) < 4.78 is -0.437. The largest absolute Gasteiger partial charge is 0.480 e. The van der Waals surface area contributed by atoms with E-state index in [1.54, 1.807) is 35.5 Å². The molecule has 6 nitrogen and oxygen atoms in total. The van der Waals surface area contributed by atoms with Gasteiger partial charge in [0, 0.05) is 11.5 Å². The zero-order valence-electron chi connectivity index (χ0n) is 9.25. The van der Waals surface area contributed by atoms with E-state index in [4.69, 9.17) is 5.11 Å². The van der Waals surface area contributed by atoms with Gasteiger partial charge in [-0.2, -0.15) is 0 Å². The summed E-state index contributed by atoms with van der Waals surface area (Å²) >= 11 is 3.22. The molecule has 3 aliphatic rings. The van der Waals surface area contributed by atoms with Gasteiger partial charge in [-0.25, -0.2) is 4.90 Å². The van der Waals surface area contributed by atoms with Crippen LogP contribution >= 0.6 is 23.5 Å². The number of likely N-dealkylation sites (N-methyl/N-ethyl adjacent to an activating group) is 1. The highest BCUT2D eigenvalue weighted by molar-refractivity contribution is 8.18. The summed E-state index contributed by atoms with van der Waals surface area (Å²) in [5.41, 5.74) is 0. The molecule has 3 rings (SSSR count). The molecule has 3 saturated heterocycles. The Morgan fingerprint density at radius 3 is 2.88 bits per heavy atom. The molecule has 2 N–H and O–H groups in total. The van der Waals surface area contributed by atoms with Crippen molar-refractivity contribution < 1.29 is 14.7 Å². The van der Waals surface area contributed by atoms with Crippen LogP contribution in [0.1, 0.15) is 0 Å². The molecule has 1 amide bonds. The molecular formula is C9H13N3O3S2. The summed E-state index contributed by atoms with van der Waals surface area (Å²) in [6, 6.07) is -0.597. The maximum absolute atomic E-state index is 12.1. The Bertz CT molecular complexity index is 394. The van der Waals surface area contributed by atoms with Gasteiger partial charge in [0.15, 0.2) is 4.33 Å². The highest BCUT2D eigenvalue weighted by atomic mass is 32.2. The summed E-state index contributed by atoms with van der Waals surface area (Å²) in [5.74, 6) is 0.539. The van der Waals surface area contributed by atoms with E-state index in [0.717, 1.165) is 0 Å². The van der Waals surface area contributed by atoms with Crippen LogP contribution in [0.3, 0.4) is 0 Å². The van der Waals surface area contributed by atoms with Gasteiger partial charge >= 0.3 is 5.97 Å². The van der Waals surface area contributed by atoms with Crippen molar-refractivity contribution in [3.63, 3.8) is 0 Å². The van der Waals surface area contributed by atoms with Gasteiger partial charge in [-0.05, 0) is 7.05 Å². The number of nitrogens with zero attached hydrogens (tertiary/aromatic N) is 2. The van der Waals surface area contributed by atoms with Crippen molar-refractivity contribution in [2.24, 2.45) is 0 Å². The molecule has 3 aliphatic heterocycles. The van der Waals surface area contributed by atoms with E-state index in [2.05, 4.69) is 5.32 Å². The van der Waals surface area contributed by atoms with Crippen molar-refractivity contribution in [1.29, 1.82) is 0 Å². The number of amides is 1. The third-order valence-corrected chi connectivity index (χ3v) is 6.79. The Morgan fingerprint density at radius 2 is 2.24 bits per heavy atom. The normalized spacial score (nSPS) is 40.8. The SMILES string of the molecule is CNC1CSC23SCC(C(=O)O)N2CN3C1=O. The van der Waals surface area contributed by atoms with Gasteiger partial charge in [0.1, 0.15) is 6.04 Å². The van der Waals surface area contributed by atoms with Gasteiger partial charge in [-0.15, -0.1) is 23.5 Å². The Morgan fingerprint density at radius 1 is 1.53 bits per heavy atom. The number of aliphatic carboxylic acids is 1. The molecule has 0 aromatic rings. The Hall–Kier alpha value is -0.440. The summed E-state index contributed by atoms with van der Waals surface area (Å²) in [6.45, 7) is 0.438. The van der Waals surface area contributed by atoms with Crippen LogP contribution in [0.4, 0.5) is 0 Å². The maximum Gasteiger partial charge on any atom is 0.321 e. The van der Waals surface area contributed by atoms with E-state index in [-0.39, 0.29) is 11.9 Å². The van der Waals surface area contributed by atoms with E-state index in [9.17, 15) is 9.59 Å². The summed E-state index contributed by atoms with van der Waals surface area (Å²) in [7, 11) is 1.78. The molecule has 3 unspecified atom stereocenters. The van der Waals surface area contributed by atoms with Crippen molar-refractivity contribution in [3.05, 3.63) is 0 Å². The van der Waals surface area contributed by atoms with Crippen LogP contribution in [0.5, 0.6) is 0 Å². The number of rotatable bonds is 2. The monoisotopic (exact) mass is 275 g/mol. The molecule has 0 aromatic carbocycles. The van der Waals surface area contributed by atoms with E-state index in [0.29, 0.717) is 18.2 Å². The molecule has 8 heteroatoms. The van der Waals surface area contributed by atoms with Gasteiger partial charge in [-0.3, -0.25) is 14.5 Å². The first-order valence-corrected chi connectivity index (χ1v) is 7.33. The third kappa shape index (κ3) is 1.38. The first-order valence-electron chi connectivity index (χ1n) is 5.36. The molecule has 17 heavy (non-hydrogen) atoms. The van der Waals surface area contributed by atoms with Gasteiger partial charge < -0.3 is 10.4 Å². The second-order valence-electron chi connectivity index (χ2n) is 4.24. The predicted molar refractivity (Wildman–Crippen MR) is 65.5 cm³/mol. The number of thioether (sulfide) groups is 2. The van der Waals surface area contributed by atoms with Crippen molar-refractivity contribution in [3.8, 4) is 0 Å². The first kappa shape index (κ1) is 11.6. The van der Waals surface area contributed by atoms with E-state index < -0.39 is 16.3 Å². The quantitative estimate of drug-likeness (QED) is 0.686. The molecule has 0 aromatic heterocycles. The maximum atomic E-state index is 12.1. The number of carboxylic acid groups (broad SMARTS) is 1. The van der Waals surface area contributed by atoms with Crippen LogP contribution < -0.4 is 5.32 Å². The van der Waals surface area contributed by atoms with Crippen molar-refractivity contribution in [2.45, 2.75) is 16.4 Å². The van der Waals surface area contributed by atoms with Crippen LogP contribution in [0.15, 0.2) is 0 Å². The van der Waals surface area contributed by atoms with Gasteiger partial charge in [0.2, 0.25) is 5.91 Å². The first-order chi connectivity index (χ1) is 8.10. The smallest absolute Gasteiger partial charge is 0.321 e. The molecule has 0 saturated carbocycles. The van der Waals surface area contributed by atoms with Crippen molar-refractivity contribution in [2.75, 3.05) is 25.2 Å². The molecular weight excluding hydrogens is 262 g/mol. The van der Waals surface area contributed by atoms with E-state index >= 15 is 0 Å². The van der Waals surface area contributed by atoms with E-state index in [1.165, 1.54) is 0 Å². The Balaban J connectivity index is 1.82. The summed E-state index contributed by atoms with van der Waals surface area (Å²) in [4.78, 5) is 26.9.